The number of aliphatic hydroxyl groups excluding tert-OH is 1. The maximum Gasteiger partial charge on any atom is 0.124 e. The van der Waals surface area contributed by atoms with Crippen molar-refractivity contribution in [3.8, 4) is 0 Å². The van der Waals surface area contributed by atoms with Gasteiger partial charge in [-0.15, -0.1) is 0 Å². The van der Waals surface area contributed by atoms with Crippen LogP contribution < -0.4 is 5.73 Å². The molecule has 2 aromatic carbocycles. The molecule has 0 fully saturated rings. The third-order valence-corrected chi connectivity index (χ3v) is 3.91. The van der Waals surface area contributed by atoms with Gasteiger partial charge in [0.25, 0.3) is 0 Å². The number of aryl methyl sites for hydroxylation is 1. The quantitative estimate of drug-likeness (QED) is 0.893. The van der Waals surface area contributed by atoms with E-state index in [4.69, 9.17) is 5.73 Å². The highest BCUT2D eigenvalue weighted by molar-refractivity contribution is 9.10. The van der Waals surface area contributed by atoms with E-state index in [9.17, 15) is 9.50 Å². The van der Waals surface area contributed by atoms with E-state index < -0.39 is 6.10 Å². The van der Waals surface area contributed by atoms with Crippen LogP contribution in [-0.4, -0.2) is 11.7 Å². The van der Waals surface area contributed by atoms with Gasteiger partial charge in [0.2, 0.25) is 0 Å². The molecule has 0 aliphatic carbocycles. The zero-order valence-corrected chi connectivity index (χ0v) is 12.8. The first-order valence-electron chi connectivity index (χ1n) is 6.42. The van der Waals surface area contributed by atoms with Crippen LogP contribution in [-0.2, 0) is 0 Å². The van der Waals surface area contributed by atoms with Gasteiger partial charge in [0, 0.05) is 16.9 Å². The molecule has 0 saturated heterocycles. The lowest BCUT2D eigenvalue weighted by Crippen LogP contribution is -2.21. The molecule has 0 aliphatic heterocycles. The number of hydrogen-bond acceptors (Lipinski definition) is 2. The normalized spacial score (nSPS) is 14.1. The Balaban J connectivity index is 2.39. The lowest BCUT2D eigenvalue weighted by Gasteiger charge is -2.24. The molecule has 3 N–H and O–H groups in total. The van der Waals surface area contributed by atoms with E-state index >= 15 is 0 Å². The molecular weight excluding hydrogens is 321 g/mol. The van der Waals surface area contributed by atoms with Gasteiger partial charge in [-0.25, -0.2) is 4.39 Å². The summed E-state index contributed by atoms with van der Waals surface area (Å²) in [6, 6.07) is 12.2. The van der Waals surface area contributed by atoms with Crippen LogP contribution in [0.5, 0.6) is 0 Å². The van der Waals surface area contributed by atoms with E-state index in [0.29, 0.717) is 16.6 Å². The number of halogens is 2. The number of aliphatic hydroxyl groups is 1. The molecule has 0 amide bonds. The fraction of sp³-hybridized carbons (Fsp3) is 0.250. The van der Waals surface area contributed by atoms with Gasteiger partial charge in [0.05, 0.1) is 6.10 Å². The standard InChI is InChI=1S/C16H17BrFNO/c1-10-4-2-3-5-14(10)15(9-19)16(20)11-6-12(17)8-13(18)7-11/h2-8,15-16,20H,9,19H2,1H3. The first-order valence-corrected chi connectivity index (χ1v) is 7.22. The second-order valence-corrected chi connectivity index (χ2v) is 5.76. The number of hydrogen-bond donors (Lipinski definition) is 2. The highest BCUT2D eigenvalue weighted by Gasteiger charge is 2.23. The monoisotopic (exact) mass is 337 g/mol. The van der Waals surface area contributed by atoms with Gasteiger partial charge in [0.15, 0.2) is 0 Å². The van der Waals surface area contributed by atoms with Crippen molar-refractivity contribution in [2.24, 2.45) is 5.73 Å². The molecule has 0 spiro atoms. The van der Waals surface area contributed by atoms with Gasteiger partial charge in [0.1, 0.15) is 5.82 Å². The van der Waals surface area contributed by atoms with Gasteiger partial charge in [-0.2, -0.15) is 0 Å². The summed E-state index contributed by atoms with van der Waals surface area (Å²) >= 11 is 3.24. The summed E-state index contributed by atoms with van der Waals surface area (Å²) in [6.45, 7) is 2.27. The Morgan fingerprint density at radius 2 is 1.95 bits per heavy atom. The van der Waals surface area contributed by atoms with E-state index in [1.54, 1.807) is 6.07 Å². The average Bonchev–Trinajstić information content (AvgIpc) is 2.40. The second kappa shape index (κ2) is 6.48. The van der Waals surface area contributed by atoms with Crippen LogP contribution in [0.3, 0.4) is 0 Å². The number of benzene rings is 2. The highest BCUT2D eigenvalue weighted by atomic mass is 79.9. The molecule has 0 bridgehead atoms. The summed E-state index contributed by atoms with van der Waals surface area (Å²) in [5, 5.41) is 10.5. The molecule has 2 aromatic rings. The summed E-state index contributed by atoms with van der Waals surface area (Å²) in [7, 11) is 0. The van der Waals surface area contributed by atoms with Crippen LogP contribution >= 0.6 is 15.9 Å². The lowest BCUT2D eigenvalue weighted by atomic mass is 9.87. The van der Waals surface area contributed by atoms with Crippen LogP contribution in [0.4, 0.5) is 4.39 Å². The Hall–Kier alpha value is -1.23. The van der Waals surface area contributed by atoms with Gasteiger partial charge >= 0.3 is 0 Å². The largest absolute Gasteiger partial charge is 0.388 e. The third-order valence-electron chi connectivity index (χ3n) is 3.45. The van der Waals surface area contributed by atoms with Crippen molar-refractivity contribution < 1.29 is 9.50 Å². The third kappa shape index (κ3) is 3.26. The number of rotatable bonds is 4. The van der Waals surface area contributed by atoms with Gasteiger partial charge in [-0.3, -0.25) is 0 Å². The van der Waals surface area contributed by atoms with E-state index in [1.165, 1.54) is 12.1 Å². The van der Waals surface area contributed by atoms with Crippen molar-refractivity contribution in [1.29, 1.82) is 0 Å². The zero-order chi connectivity index (χ0) is 14.7. The minimum absolute atomic E-state index is 0.259. The minimum atomic E-state index is -0.840. The number of nitrogens with two attached hydrogens (primary N) is 1. The molecule has 106 valence electrons. The fourth-order valence-electron chi connectivity index (χ4n) is 2.41. The van der Waals surface area contributed by atoms with E-state index in [2.05, 4.69) is 15.9 Å². The topological polar surface area (TPSA) is 46.2 Å². The van der Waals surface area contributed by atoms with Crippen LogP contribution in [0.25, 0.3) is 0 Å². The Morgan fingerprint density at radius 3 is 2.55 bits per heavy atom. The van der Waals surface area contributed by atoms with Crippen molar-refractivity contribution in [1.82, 2.24) is 0 Å². The van der Waals surface area contributed by atoms with E-state index in [-0.39, 0.29) is 11.7 Å². The molecular formula is C16H17BrFNO. The Labute approximate surface area is 126 Å². The van der Waals surface area contributed by atoms with Crippen molar-refractivity contribution in [2.75, 3.05) is 6.54 Å². The second-order valence-electron chi connectivity index (χ2n) is 4.85. The fourth-order valence-corrected chi connectivity index (χ4v) is 2.89. The lowest BCUT2D eigenvalue weighted by molar-refractivity contribution is 0.146. The Bertz CT molecular complexity index is 583. The predicted octanol–water partition coefficient (Wildman–Crippen LogP) is 3.67. The maximum atomic E-state index is 13.5. The predicted molar refractivity (Wildman–Crippen MR) is 82.0 cm³/mol. The summed E-state index contributed by atoms with van der Waals surface area (Å²) in [4.78, 5) is 0. The first-order chi connectivity index (χ1) is 9.52. The van der Waals surface area contributed by atoms with Crippen LogP contribution in [0.1, 0.15) is 28.7 Å². The molecule has 0 radical (unpaired) electrons. The maximum absolute atomic E-state index is 13.5. The van der Waals surface area contributed by atoms with Gasteiger partial charge in [-0.05, 0) is 41.8 Å². The molecule has 2 unspecified atom stereocenters. The molecule has 0 saturated carbocycles. The van der Waals surface area contributed by atoms with Crippen LogP contribution in [0, 0.1) is 12.7 Å². The minimum Gasteiger partial charge on any atom is -0.388 e. The molecule has 4 heteroatoms. The van der Waals surface area contributed by atoms with Crippen LogP contribution in [0.15, 0.2) is 46.9 Å². The summed E-state index contributed by atoms with van der Waals surface area (Å²) < 4.78 is 14.1. The summed E-state index contributed by atoms with van der Waals surface area (Å²) in [5.41, 5.74) is 8.40. The molecule has 0 heterocycles. The Morgan fingerprint density at radius 1 is 1.25 bits per heavy atom. The first kappa shape index (κ1) is 15.2. The molecule has 0 aliphatic rings. The van der Waals surface area contributed by atoms with Crippen molar-refractivity contribution in [2.45, 2.75) is 18.9 Å². The SMILES string of the molecule is Cc1ccccc1C(CN)C(O)c1cc(F)cc(Br)c1. The molecule has 2 atom stereocenters. The van der Waals surface area contributed by atoms with E-state index in [1.807, 2.05) is 31.2 Å². The van der Waals surface area contributed by atoms with Crippen LogP contribution in [0.2, 0.25) is 0 Å². The average molecular weight is 338 g/mol. The van der Waals surface area contributed by atoms with Gasteiger partial charge < -0.3 is 10.8 Å². The smallest absolute Gasteiger partial charge is 0.124 e. The van der Waals surface area contributed by atoms with Crippen molar-refractivity contribution in [3.05, 3.63) is 69.4 Å². The molecule has 2 rings (SSSR count). The zero-order valence-electron chi connectivity index (χ0n) is 11.2. The molecule has 20 heavy (non-hydrogen) atoms. The van der Waals surface area contributed by atoms with E-state index in [0.717, 1.165) is 11.1 Å². The molecule has 2 nitrogen and oxygen atoms in total. The molecule has 0 aromatic heterocycles. The van der Waals surface area contributed by atoms with Crippen molar-refractivity contribution >= 4 is 15.9 Å². The summed E-state index contributed by atoms with van der Waals surface area (Å²) in [5.74, 6) is -0.640. The van der Waals surface area contributed by atoms with Gasteiger partial charge in [-0.1, -0.05) is 40.2 Å². The Kier molecular flexibility index (Phi) is 4.91. The summed E-state index contributed by atoms with van der Waals surface area (Å²) in [6.07, 6.45) is -0.840. The van der Waals surface area contributed by atoms with Crippen molar-refractivity contribution in [3.63, 3.8) is 0 Å². The highest BCUT2D eigenvalue weighted by Crippen LogP contribution is 2.33.